The monoisotopic (exact) mass is 543 g/mol. The third-order valence-electron chi connectivity index (χ3n) is 6.28. The van der Waals surface area contributed by atoms with Crippen LogP contribution in [0.5, 0.6) is 11.5 Å². The highest BCUT2D eigenvalue weighted by atomic mass is 35.5. The maximum absolute atomic E-state index is 14.0. The fraction of sp³-hybridized carbons (Fsp3) is 0.194. The number of halogens is 1. The van der Waals surface area contributed by atoms with Crippen LogP contribution in [-0.2, 0) is 29.1 Å². The molecule has 0 unspecified atom stereocenters. The molecule has 1 heterocycles. The SMILES string of the molecule is COc1ccc(CC(=O)N(Cc2ccc(Cl)cc2)[C@@H](C(=O)NCc2ccncc2)c2ccccc2)cc1OC. The summed E-state index contributed by atoms with van der Waals surface area (Å²) in [7, 11) is 3.11. The molecular formula is C31H30ClN3O4. The average Bonchev–Trinajstić information content (AvgIpc) is 2.97. The molecule has 3 aromatic carbocycles. The lowest BCUT2D eigenvalue weighted by atomic mass is 10.0. The quantitative estimate of drug-likeness (QED) is 0.275. The molecule has 8 heteroatoms. The summed E-state index contributed by atoms with van der Waals surface area (Å²) >= 11 is 6.11. The standard InChI is InChI=1S/C31H30ClN3O4/c1-38-27-13-10-24(18-28(27)39-2)19-29(36)35(21-23-8-11-26(32)12-9-23)30(25-6-4-3-5-7-25)31(37)34-20-22-14-16-33-17-15-22/h3-18,30H,19-21H2,1-2H3,(H,34,37)/t30-/m1/s1. The van der Waals surface area contributed by atoms with Crippen molar-refractivity contribution in [3.63, 3.8) is 0 Å². The lowest BCUT2D eigenvalue weighted by Crippen LogP contribution is -2.43. The summed E-state index contributed by atoms with van der Waals surface area (Å²) in [6, 6.07) is 24.7. The van der Waals surface area contributed by atoms with E-state index >= 15 is 0 Å². The second kappa shape index (κ2) is 13.4. The Hall–Kier alpha value is -4.36. The van der Waals surface area contributed by atoms with Gasteiger partial charge in [-0.05, 0) is 58.7 Å². The molecule has 1 N–H and O–H groups in total. The first kappa shape index (κ1) is 27.7. The van der Waals surface area contributed by atoms with Gasteiger partial charge in [-0.1, -0.05) is 60.1 Å². The molecule has 0 radical (unpaired) electrons. The Balaban J connectivity index is 1.68. The second-order valence-electron chi connectivity index (χ2n) is 8.90. The summed E-state index contributed by atoms with van der Waals surface area (Å²) < 4.78 is 10.8. The average molecular weight is 544 g/mol. The number of hydrogen-bond donors (Lipinski definition) is 1. The minimum absolute atomic E-state index is 0.0644. The summed E-state index contributed by atoms with van der Waals surface area (Å²) in [6.45, 7) is 0.523. The van der Waals surface area contributed by atoms with E-state index in [1.807, 2.05) is 60.7 Å². The molecular weight excluding hydrogens is 514 g/mol. The second-order valence-corrected chi connectivity index (χ2v) is 9.34. The van der Waals surface area contributed by atoms with E-state index in [1.54, 1.807) is 55.8 Å². The Kier molecular flexibility index (Phi) is 9.53. The van der Waals surface area contributed by atoms with Gasteiger partial charge in [0, 0.05) is 30.5 Å². The summed E-state index contributed by atoms with van der Waals surface area (Å²) in [5.74, 6) is 0.601. The number of carbonyl (C=O) groups is 2. The highest BCUT2D eigenvalue weighted by molar-refractivity contribution is 6.30. The van der Waals surface area contributed by atoms with E-state index in [9.17, 15) is 9.59 Å². The highest BCUT2D eigenvalue weighted by Crippen LogP contribution is 2.29. The predicted molar refractivity (Wildman–Crippen MR) is 151 cm³/mol. The Morgan fingerprint density at radius 1 is 0.846 bits per heavy atom. The van der Waals surface area contributed by atoms with Crippen LogP contribution >= 0.6 is 11.6 Å². The molecule has 0 spiro atoms. The van der Waals surface area contributed by atoms with E-state index in [2.05, 4.69) is 10.3 Å². The van der Waals surface area contributed by atoms with Gasteiger partial charge in [0.2, 0.25) is 11.8 Å². The Morgan fingerprint density at radius 3 is 2.18 bits per heavy atom. The third kappa shape index (κ3) is 7.36. The number of carbonyl (C=O) groups excluding carboxylic acids is 2. The topological polar surface area (TPSA) is 80.8 Å². The Bertz CT molecular complexity index is 1380. The number of hydrogen-bond acceptors (Lipinski definition) is 5. The van der Waals surface area contributed by atoms with Gasteiger partial charge in [-0.2, -0.15) is 0 Å². The summed E-state index contributed by atoms with van der Waals surface area (Å²) in [5, 5.41) is 3.60. The molecule has 2 amide bonds. The summed E-state index contributed by atoms with van der Waals surface area (Å²) in [4.78, 5) is 33.4. The van der Waals surface area contributed by atoms with Crippen LogP contribution in [-0.4, -0.2) is 35.9 Å². The van der Waals surface area contributed by atoms with Gasteiger partial charge in [-0.3, -0.25) is 14.6 Å². The van der Waals surface area contributed by atoms with Crippen molar-refractivity contribution < 1.29 is 19.1 Å². The van der Waals surface area contributed by atoms with Crippen LogP contribution in [0.2, 0.25) is 5.02 Å². The molecule has 0 saturated carbocycles. The van der Waals surface area contributed by atoms with Crippen molar-refractivity contribution in [2.24, 2.45) is 0 Å². The molecule has 0 aliphatic carbocycles. The molecule has 1 aromatic heterocycles. The van der Waals surface area contributed by atoms with Crippen LogP contribution < -0.4 is 14.8 Å². The fourth-order valence-electron chi connectivity index (χ4n) is 4.27. The number of ether oxygens (including phenoxy) is 2. The fourth-order valence-corrected chi connectivity index (χ4v) is 4.40. The van der Waals surface area contributed by atoms with Gasteiger partial charge in [0.15, 0.2) is 11.5 Å². The predicted octanol–water partition coefficient (Wildman–Crippen LogP) is 5.38. The van der Waals surface area contributed by atoms with Crippen molar-refractivity contribution in [2.75, 3.05) is 14.2 Å². The Morgan fingerprint density at radius 2 is 1.51 bits per heavy atom. The van der Waals surface area contributed by atoms with Crippen molar-refractivity contribution in [3.8, 4) is 11.5 Å². The first-order valence-electron chi connectivity index (χ1n) is 12.4. The molecule has 7 nitrogen and oxygen atoms in total. The van der Waals surface area contributed by atoms with Crippen LogP contribution in [0.4, 0.5) is 0 Å². The van der Waals surface area contributed by atoms with E-state index in [-0.39, 0.29) is 24.8 Å². The van der Waals surface area contributed by atoms with Crippen molar-refractivity contribution in [1.29, 1.82) is 0 Å². The van der Waals surface area contributed by atoms with Gasteiger partial charge in [0.05, 0.1) is 20.6 Å². The van der Waals surface area contributed by atoms with Crippen molar-refractivity contribution >= 4 is 23.4 Å². The number of benzene rings is 3. The molecule has 39 heavy (non-hydrogen) atoms. The highest BCUT2D eigenvalue weighted by Gasteiger charge is 2.31. The first-order valence-corrected chi connectivity index (χ1v) is 12.8. The zero-order valence-electron chi connectivity index (χ0n) is 21.8. The number of amides is 2. The normalized spacial score (nSPS) is 11.4. The maximum atomic E-state index is 14.0. The van der Waals surface area contributed by atoms with Crippen molar-refractivity contribution in [2.45, 2.75) is 25.6 Å². The molecule has 4 rings (SSSR count). The van der Waals surface area contributed by atoms with Gasteiger partial charge in [0.1, 0.15) is 6.04 Å². The molecule has 0 aliphatic rings. The molecule has 4 aromatic rings. The van der Waals surface area contributed by atoms with E-state index in [4.69, 9.17) is 21.1 Å². The minimum Gasteiger partial charge on any atom is -0.493 e. The molecule has 0 fully saturated rings. The van der Waals surface area contributed by atoms with E-state index in [0.29, 0.717) is 28.6 Å². The van der Waals surface area contributed by atoms with Crippen molar-refractivity contribution in [1.82, 2.24) is 15.2 Å². The van der Waals surface area contributed by atoms with E-state index < -0.39 is 6.04 Å². The van der Waals surface area contributed by atoms with Gasteiger partial charge in [0.25, 0.3) is 0 Å². The largest absolute Gasteiger partial charge is 0.493 e. The van der Waals surface area contributed by atoms with Crippen LogP contribution in [0, 0.1) is 0 Å². The zero-order chi connectivity index (χ0) is 27.6. The van der Waals surface area contributed by atoms with Crippen molar-refractivity contribution in [3.05, 3.63) is 125 Å². The van der Waals surface area contributed by atoms with Crippen LogP contribution in [0.3, 0.4) is 0 Å². The number of methoxy groups -OCH3 is 2. The molecule has 200 valence electrons. The summed E-state index contributed by atoms with van der Waals surface area (Å²) in [5.41, 5.74) is 3.20. The van der Waals surface area contributed by atoms with Gasteiger partial charge >= 0.3 is 0 Å². The summed E-state index contributed by atoms with van der Waals surface area (Å²) in [6.07, 6.45) is 3.42. The third-order valence-corrected chi connectivity index (χ3v) is 6.53. The maximum Gasteiger partial charge on any atom is 0.247 e. The lowest BCUT2D eigenvalue weighted by Gasteiger charge is -2.32. The van der Waals surface area contributed by atoms with Crippen LogP contribution in [0.25, 0.3) is 0 Å². The van der Waals surface area contributed by atoms with Crippen LogP contribution in [0.15, 0.2) is 97.3 Å². The van der Waals surface area contributed by atoms with Gasteiger partial charge < -0.3 is 19.7 Å². The van der Waals surface area contributed by atoms with Crippen LogP contribution in [0.1, 0.15) is 28.3 Å². The van der Waals surface area contributed by atoms with Gasteiger partial charge in [-0.25, -0.2) is 0 Å². The minimum atomic E-state index is -0.864. The number of pyridine rings is 1. The number of rotatable bonds is 11. The Labute approximate surface area is 233 Å². The smallest absolute Gasteiger partial charge is 0.247 e. The molecule has 0 aliphatic heterocycles. The lowest BCUT2D eigenvalue weighted by molar-refractivity contribution is -0.141. The molecule has 0 bridgehead atoms. The number of nitrogens with zero attached hydrogens (tertiary/aromatic N) is 2. The number of aromatic nitrogens is 1. The molecule has 1 atom stereocenters. The number of nitrogens with one attached hydrogen (secondary N) is 1. The van der Waals surface area contributed by atoms with E-state index in [1.165, 1.54) is 0 Å². The zero-order valence-corrected chi connectivity index (χ0v) is 22.6. The first-order chi connectivity index (χ1) is 19.0. The van der Waals surface area contributed by atoms with Gasteiger partial charge in [-0.15, -0.1) is 0 Å². The molecule has 0 saturated heterocycles. The van der Waals surface area contributed by atoms with E-state index in [0.717, 1.165) is 16.7 Å².